The first-order valence-corrected chi connectivity index (χ1v) is 9.98. The number of rotatable bonds is 8. The monoisotopic (exact) mass is 438 g/mol. The van der Waals surface area contributed by atoms with Gasteiger partial charge in [-0.05, 0) is 36.4 Å². The second-order valence-corrected chi connectivity index (χ2v) is 7.96. The second kappa shape index (κ2) is 9.79. The predicted octanol–water partition coefficient (Wildman–Crippen LogP) is 2.04. The van der Waals surface area contributed by atoms with E-state index in [1.165, 1.54) is 0 Å². The highest BCUT2D eigenvalue weighted by molar-refractivity contribution is 7.17. The van der Waals surface area contributed by atoms with E-state index >= 15 is 0 Å². The van der Waals surface area contributed by atoms with Gasteiger partial charge in [0.05, 0.1) is 39.4 Å². The number of nitroso groups, excluding NO2 is 1. The second-order valence-electron chi connectivity index (χ2n) is 6.25. The molecule has 1 atom stereocenters. The Morgan fingerprint density at radius 3 is 2.72 bits per heavy atom. The Bertz CT molecular complexity index is 875. The van der Waals surface area contributed by atoms with Crippen LogP contribution in [-0.4, -0.2) is 55.9 Å². The number of nitrogens with zero attached hydrogens (tertiary/aromatic N) is 3. The molecule has 2 N–H and O–H groups in total. The highest BCUT2D eigenvalue weighted by Gasteiger charge is 2.21. The first kappa shape index (κ1) is 21.2. The number of amides is 2. The molecule has 0 radical (unpaired) electrons. The number of nitrogens with one attached hydrogen (secondary N) is 1. The van der Waals surface area contributed by atoms with Crippen LogP contribution in [-0.2, 0) is 9.53 Å². The van der Waals surface area contributed by atoms with Gasteiger partial charge in [-0.1, -0.05) is 11.6 Å². The number of thiophene rings is 1. The normalized spacial score (nSPS) is 15.1. The van der Waals surface area contributed by atoms with Crippen molar-refractivity contribution in [2.75, 3.05) is 42.8 Å². The minimum absolute atomic E-state index is 0.0410. The summed E-state index contributed by atoms with van der Waals surface area (Å²) in [5, 5.41) is 16.8. The molecule has 0 aliphatic carbocycles. The Hall–Kier alpha value is -2.53. The molecule has 0 saturated carbocycles. The Balaban J connectivity index is 1.55. The van der Waals surface area contributed by atoms with Crippen LogP contribution < -0.4 is 15.2 Å². The number of ether oxygens (including phenoxy) is 1. The summed E-state index contributed by atoms with van der Waals surface area (Å²) < 4.78 is 5.60. The maximum atomic E-state index is 12.0. The fourth-order valence-electron chi connectivity index (χ4n) is 2.78. The third kappa shape index (κ3) is 5.51. The van der Waals surface area contributed by atoms with Crippen LogP contribution >= 0.6 is 22.9 Å². The molecule has 3 rings (SSSR count). The summed E-state index contributed by atoms with van der Waals surface area (Å²) in [5.41, 5.74) is 1.15. The average molecular weight is 439 g/mol. The zero-order chi connectivity index (χ0) is 20.8. The lowest BCUT2D eigenvalue weighted by Gasteiger charge is -2.27. The van der Waals surface area contributed by atoms with E-state index in [0.717, 1.165) is 16.3 Å². The van der Waals surface area contributed by atoms with E-state index in [9.17, 15) is 19.6 Å². The first-order chi connectivity index (χ1) is 14.0. The van der Waals surface area contributed by atoms with Crippen molar-refractivity contribution in [1.29, 1.82) is 0 Å². The Kier molecular flexibility index (Phi) is 7.15. The van der Waals surface area contributed by atoms with Gasteiger partial charge in [-0.15, -0.1) is 16.2 Å². The molecule has 1 aliphatic rings. The molecule has 2 amide bonds. The number of carbonyl (C=O) groups is 2. The maximum Gasteiger partial charge on any atom is 0.261 e. The summed E-state index contributed by atoms with van der Waals surface area (Å²) in [7, 11) is 0. The predicted molar refractivity (Wildman–Crippen MR) is 110 cm³/mol. The van der Waals surface area contributed by atoms with E-state index in [1.54, 1.807) is 41.3 Å². The molecule has 1 aromatic carbocycles. The van der Waals surface area contributed by atoms with Gasteiger partial charge in [0.25, 0.3) is 11.8 Å². The lowest BCUT2D eigenvalue weighted by Crippen LogP contribution is -2.41. The van der Waals surface area contributed by atoms with E-state index in [0.29, 0.717) is 33.7 Å². The average Bonchev–Trinajstić information content (AvgIpc) is 3.17. The summed E-state index contributed by atoms with van der Waals surface area (Å²) in [5.74, 6) is -0.487. The molecule has 1 saturated heterocycles. The van der Waals surface area contributed by atoms with Crippen molar-refractivity contribution in [3.63, 3.8) is 0 Å². The van der Waals surface area contributed by atoms with Gasteiger partial charge in [0, 0.05) is 18.8 Å². The summed E-state index contributed by atoms with van der Waals surface area (Å²) in [6.45, 7) is 0.803. The van der Waals surface area contributed by atoms with Crippen LogP contribution in [0.25, 0.3) is 0 Å². The largest absolute Gasteiger partial charge is 0.389 e. The van der Waals surface area contributed by atoms with Crippen molar-refractivity contribution in [2.24, 2.45) is 5.29 Å². The molecule has 154 valence electrons. The maximum absolute atomic E-state index is 12.0. The minimum atomic E-state index is -1.02. The summed E-state index contributed by atoms with van der Waals surface area (Å²) >= 11 is 6.93. The molecule has 0 spiro atoms. The number of morpholine rings is 1. The molecule has 1 aliphatic heterocycles. The Morgan fingerprint density at radius 2 is 2.10 bits per heavy atom. The van der Waals surface area contributed by atoms with Crippen molar-refractivity contribution in [2.45, 2.75) is 6.10 Å². The van der Waals surface area contributed by atoms with Crippen LogP contribution in [0.4, 0.5) is 11.4 Å². The third-order valence-electron chi connectivity index (χ3n) is 4.22. The topological polar surface area (TPSA) is 112 Å². The number of hydrogen-bond donors (Lipinski definition) is 2. The molecule has 0 bridgehead atoms. The van der Waals surface area contributed by atoms with E-state index in [-0.39, 0.29) is 31.5 Å². The summed E-state index contributed by atoms with van der Waals surface area (Å²) in [6.07, 6.45) is -1.02. The molecule has 1 unspecified atom stereocenters. The number of benzene rings is 1. The van der Waals surface area contributed by atoms with Crippen LogP contribution in [0.15, 0.2) is 41.7 Å². The fourth-order valence-corrected chi connectivity index (χ4v) is 3.74. The van der Waals surface area contributed by atoms with Crippen molar-refractivity contribution < 1.29 is 19.4 Å². The van der Waals surface area contributed by atoms with Crippen LogP contribution in [0.1, 0.15) is 9.67 Å². The summed E-state index contributed by atoms with van der Waals surface area (Å²) in [4.78, 5) is 37.1. The number of aliphatic hydroxyl groups excluding tert-OH is 1. The lowest BCUT2D eigenvalue weighted by molar-refractivity contribution is -0.125. The molecular weight excluding hydrogens is 420 g/mol. The third-order valence-corrected chi connectivity index (χ3v) is 5.45. The highest BCUT2D eigenvalue weighted by Crippen LogP contribution is 2.23. The number of anilines is 2. The minimum Gasteiger partial charge on any atom is -0.389 e. The van der Waals surface area contributed by atoms with E-state index in [1.807, 2.05) is 0 Å². The van der Waals surface area contributed by atoms with Gasteiger partial charge in [0.2, 0.25) is 0 Å². The van der Waals surface area contributed by atoms with Gasteiger partial charge in [0.15, 0.2) is 0 Å². The molecule has 1 aromatic heterocycles. The van der Waals surface area contributed by atoms with E-state index in [4.69, 9.17) is 16.3 Å². The zero-order valence-electron chi connectivity index (χ0n) is 15.3. The van der Waals surface area contributed by atoms with Gasteiger partial charge in [-0.3, -0.25) is 9.59 Å². The van der Waals surface area contributed by atoms with Crippen LogP contribution in [0.2, 0.25) is 4.34 Å². The van der Waals surface area contributed by atoms with Gasteiger partial charge in [0.1, 0.15) is 6.61 Å². The quantitative estimate of drug-likeness (QED) is 0.482. The van der Waals surface area contributed by atoms with Crippen LogP contribution in [0, 0.1) is 4.91 Å². The van der Waals surface area contributed by atoms with Gasteiger partial charge in [-0.25, -0.2) is 5.01 Å². The number of carbonyl (C=O) groups excluding carboxylic acids is 2. The molecule has 9 nitrogen and oxygen atoms in total. The Morgan fingerprint density at radius 1 is 1.34 bits per heavy atom. The number of hydrogen-bond acceptors (Lipinski definition) is 7. The Labute approximate surface area is 175 Å². The molecular formula is C18H19ClN4O5S. The standard InChI is InChI=1S/C18H19ClN4O5S/c19-16-6-5-15(29-16)18(26)20-9-14(24)10-23(21-27)13-3-1-12(2-4-13)22-7-8-28-11-17(22)25/h1-6,14,24H,7-11H2,(H,20,26). The van der Waals surface area contributed by atoms with Gasteiger partial charge in [-0.2, -0.15) is 0 Å². The molecule has 11 heteroatoms. The van der Waals surface area contributed by atoms with Crippen molar-refractivity contribution >= 4 is 46.1 Å². The first-order valence-electron chi connectivity index (χ1n) is 8.78. The summed E-state index contributed by atoms with van der Waals surface area (Å²) in [6, 6.07) is 9.88. The fraction of sp³-hybridized carbons (Fsp3) is 0.333. The van der Waals surface area contributed by atoms with Crippen molar-refractivity contribution in [1.82, 2.24) is 5.32 Å². The van der Waals surface area contributed by atoms with Gasteiger partial charge >= 0.3 is 0 Å². The van der Waals surface area contributed by atoms with Crippen LogP contribution in [0.3, 0.4) is 0 Å². The number of halogens is 1. The molecule has 1 fully saturated rings. The smallest absolute Gasteiger partial charge is 0.261 e. The van der Waals surface area contributed by atoms with E-state index in [2.05, 4.69) is 10.6 Å². The van der Waals surface area contributed by atoms with E-state index < -0.39 is 6.10 Å². The SMILES string of the molecule is O=NN(CC(O)CNC(=O)c1ccc(Cl)s1)c1ccc(N2CCOCC2=O)cc1. The molecule has 29 heavy (non-hydrogen) atoms. The number of aliphatic hydroxyl groups is 1. The van der Waals surface area contributed by atoms with Gasteiger partial charge < -0.3 is 20.1 Å². The highest BCUT2D eigenvalue weighted by atomic mass is 35.5. The molecule has 2 heterocycles. The zero-order valence-corrected chi connectivity index (χ0v) is 16.9. The van der Waals surface area contributed by atoms with Crippen LogP contribution in [0.5, 0.6) is 0 Å². The lowest BCUT2D eigenvalue weighted by atomic mass is 10.2. The molecule has 2 aromatic rings. The van der Waals surface area contributed by atoms with Crippen molar-refractivity contribution in [3.8, 4) is 0 Å². The van der Waals surface area contributed by atoms with Crippen molar-refractivity contribution in [3.05, 3.63) is 50.5 Å².